The van der Waals surface area contributed by atoms with Gasteiger partial charge in [0.25, 0.3) is 5.91 Å². The average molecular weight is 531 g/mol. The van der Waals surface area contributed by atoms with E-state index in [0.717, 1.165) is 5.56 Å². The molecular formula is C26H31ClN4O6. The third-order valence-corrected chi connectivity index (χ3v) is 5.85. The first-order chi connectivity index (χ1) is 17.4. The van der Waals surface area contributed by atoms with Gasteiger partial charge in [0.2, 0.25) is 5.91 Å². The first kappa shape index (κ1) is 27.9. The number of aromatic nitrogens is 1. The van der Waals surface area contributed by atoms with E-state index in [1.807, 2.05) is 30.3 Å². The van der Waals surface area contributed by atoms with Crippen LogP contribution in [0.3, 0.4) is 0 Å². The van der Waals surface area contributed by atoms with Gasteiger partial charge < -0.3 is 25.0 Å². The second-order valence-corrected chi connectivity index (χ2v) is 10.1. The Hall–Kier alpha value is -3.66. The normalized spacial score (nSPS) is 14.6. The van der Waals surface area contributed by atoms with Crippen LogP contribution in [0.25, 0.3) is 11.1 Å². The summed E-state index contributed by atoms with van der Waals surface area (Å²) in [6.07, 6.45) is -1.14. The quantitative estimate of drug-likeness (QED) is 0.414. The number of carboxylic acid groups (broad SMARTS) is 1. The zero-order valence-electron chi connectivity index (χ0n) is 21.1. The van der Waals surface area contributed by atoms with E-state index in [4.69, 9.17) is 16.3 Å². The maximum atomic E-state index is 13.3. The summed E-state index contributed by atoms with van der Waals surface area (Å²) < 4.78 is 5.35. The highest BCUT2D eigenvalue weighted by Crippen LogP contribution is 2.23. The second-order valence-electron chi connectivity index (χ2n) is 9.68. The Bertz CT molecular complexity index is 1140. The van der Waals surface area contributed by atoms with Gasteiger partial charge in [-0.05, 0) is 50.5 Å². The minimum absolute atomic E-state index is 0.00470. The maximum Gasteiger partial charge on any atom is 0.407 e. The van der Waals surface area contributed by atoms with Crippen molar-refractivity contribution < 1.29 is 29.0 Å². The first-order valence-corrected chi connectivity index (χ1v) is 12.3. The number of rotatable bonds is 7. The number of nitrogens with one attached hydrogen (secondary N) is 1. The van der Waals surface area contributed by atoms with Crippen LogP contribution < -0.4 is 5.32 Å². The van der Waals surface area contributed by atoms with Crippen LogP contribution in [0.2, 0.25) is 5.15 Å². The predicted octanol–water partition coefficient (Wildman–Crippen LogP) is 3.44. The molecule has 0 saturated carbocycles. The number of esters is 1. The molecule has 0 spiro atoms. The smallest absolute Gasteiger partial charge is 0.407 e. The summed E-state index contributed by atoms with van der Waals surface area (Å²) in [7, 11) is 0. The van der Waals surface area contributed by atoms with E-state index in [-0.39, 0.29) is 49.9 Å². The van der Waals surface area contributed by atoms with Crippen molar-refractivity contribution in [2.24, 2.45) is 0 Å². The number of carbonyl (C=O) groups is 4. The average Bonchev–Trinajstić information content (AvgIpc) is 2.85. The zero-order valence-corrected chi connectivity index (χ0v) is 21.8. The van der Waals surface area contributed by atoms with Crippen LogP contribution in [0.15, 0.2) is 42.5 Å². The number of hydrogen-bond donors (Lipinski definition) is 2. The van der Waals surface area contributed by atoms with Crippen LogP contribution >= 0.6 is 11.6 Å². The lowest BCUT2D eigenvalue weighted by atomic mass is 10.1. The van der Waals surface area contributed by atoms with Crippen LogP contribution in [0, 0.1) is 0 Å². The molecule has 1 aliphatic heterocycles. The maximum absolute atomic E-state index is 13.3. The number of halogens is 1. The van der Waals surface area contributed by atoms with Gasteiger partial charge in [0.1, 0.15) is 22.5 Å². The largest absolute Gasteiger partial charge is 0.465 e. The number of pyridine rings is 1. The molecule has 0 unspecified atom stereocenters. The van der Waals surface area contributed by atoms with Crippen molar-refractivity contribution in [2.75, 3.05) is 26.2 Å². The molecule has 2 heterocycles. The summed E-state index contributed by atoms with van der Waals surface area (Å²) in [6.45, 7) is 5.90. The van der Waals surface area contributed by atoms with E-state index in [1.54, 1.807) is 32.9 Å². The minimum Gasteiger partial charge on any atom is -0.465 e. The lowest BCUT2D eigenvalue weighted by molar-refractivity contribution is -0.155. The lowest BCUT2D eigenvalue weighted by Gasteiger charge is -2.35. The fraction of sp³-hybridized carbons (Fsp3) is 0.423. The van der Waals surface area contributed by atoms with Crippen molar-refractivity contribution in [2.45, 2.75) is 45.3 Å². The lowest BCUT2D eigenvalue weighted by Crippen LogP contribution is -2.55. The SMILES string of the molecule is CC(C)(C)OC(=O)CC[C@H](NC(=O)c1cc(-c2ccccc2)cc(Cl)n1)C(=O)N1CCN(C(=O)O)CC1. The summed E-state index contributed by atoms with van der Waals surface area (Å²) in [5.41, 5.74) is 0.866. The molecule has 2 N–H and O–H groups in total. The third kappa shape index (κ3) is 8.18. The van der Waals surface area contributed by atoms with Gasteiger partial charge in [0.05, 0.1) is 0 Å². The van der Waals surface area contributed by atoms with Crippen LogP contribution in [0.5, 0.6) is 0 Å². The van der Waals surface area contributed by atoms with Crippen LogP contribution in [0.1, 0.15) is 44.1 Å². The molecular weight excluding hydrogens is 500 g/mol. The van der Waals surface area contributed by atoms with Gasteiger partial charge in [0.15, 0.2) is 0 Å². The molecule has 3 amide bonds. The van der Waals surface area contributed by atoms with Crippen molar-refractivity contribution in [3.05, 3.63) is 53.3 Å². The van der Waals surface area contributed by atoms with E-state index in [9.17, 15) is 24.3 Å². The van der Waals surface area contributed by atoms with Gasteiger partial charge in [-0.2, -0.15) is 0 Å². The van der Waals surface area contributed by atoms with Crippen molar-refractivity contribution in [3.63, 3.8) is 0 Å². The van der Waals surface area contributed by atoms with E-state index >= 15 is 0 Å². The Labute approximate surface area is 220 Å². The second kappa shape index (κ2) is 12.1. The number of nitrogens with zero attached hydrogens (tertiary/aromatic N) is 3. The molecule has 1 aliphatic rings. The van der Waals surface area contributed by atoms with E-state index < -0.39 is 35.5 Å². The van der Waals surface area contributed by atoms with E-state index in [1.165, 1.54) is 9.80 Å². The summed E-state index contributed by atoms with van der Waals surface area (Å²) in [4.78, 5) is 56.9. The number of carbonyl (C=O) groups excluding carboxylic acids is 3. The Balaban J connectivity index is 1.78. The van der Waals surface area contributed by atoms with Crippen molar-refractivity contribution in [1.82, 2.24) is 20.1 Å². The van der Waals surface area contributed by atoms with Crippen LogP contribution in [-0.4, -0.2) is 81.6 Å². The molecule has 0 radical (unpaired) electrons. The summed E-state index contributed by atoms with van der Waals surface area (Å²) in [5, 5.41) is 12.0. The Morgan fingerprint density at radius 2 is 1.65 bits per heavy atom. The van der Waals surface area contributed by atoms with Gasteiger partial charge in [0, 0.05) is 32.6 Å². The zero-order chi connectivity index (χ0) is 27.2. The summed E-state index contributed by atoms with van der Waals surface area (Å²) in [6, 6.07) is 11.5. The van der Waals surface area contributed by atoms with Gasteiger partial charge in [-0.3, -0.25) is 14.4 Å². The summed E-state index contributed by atoms with van der Waals surface area (Å²) >= 11 is 6.19. The molecule has 10 nitrogen and oxygen atoms in total. The molecule has 1 atom stereocenters. The molecule has 3 rings (SSSR count). The Kier molecular flexibility index (Phi) is 9.09. The van der Waals surface area contributed by atoms with Gasteiger partial charge in [-0.1, -0.05) is 41.9 Å². The van der Waals surface area contributed by atoms with Crippen molar-refractivity contribution >= 4 is 35.5 Å². The highest BCUT2D eigenvalue weighted by atomic mass is 35.5. The highest BCUT2D eigenvalue weighted by Gasteiger charge is 2.31. The van der Waals surface area contributed by atoms with Crippen LogP contribution in [-0.2, 0) is 14.3 Å². The Morgan fingerprint density at radius 3 is 2.24 bits per heavy atom. The molecule has 1 saturated heterocycles. The summed E-state index contributed by atoms with van der Waals surface area (Å²) in [5.74, 6) is -1.53. The highest BCUT2D eigenvalue weighted by molar-refractivity contribution is 6.29. The number of amides is 3. The molecule has 0 aliphatic carbocycles. The van der Waals surface area contributed by atoms with E-state index in [2.05, 4.69) is 10.3 Å². The molecule has 1 aromatic carbocycles. The number of hydrogen-bond acceptors (Lipinski definition) is 6. The van der Waals surface area contributed by atoms with Gasteiger partial charge in [-0.15, -0.1) is 0 Å². The standard InChI is InChI=1S/C26H31ClN4O6/c1-26(2,3)37-22(32)10-9-19(24(34)30-11-13-31(14-12-30)25(35)36)29-23(33)20-15-18(16-21(27)28-20)17-7-5-4-6-8-17/h4-8,15-16,19H,9-14H2,1-3H3,(H,29,33)(H,35,36)/t19-/m0/s1. The van der Waals surface area contributed by atoms with Gasteiger partial charge in [-0.25, -0.2) is 9.78 Å². The monoisotopic (exact) mass is 530 g/mol. The van der Waals surface area contributed by atoms with Crippen molar-refractivity contribution in [1.29, 1.82) is 0 Å². The number of ether oxygens (including phenoxy) is 1. The molecule has 11 heteroatoms. The Morgan fingerprint density at radius 1 is 1.03 bits per heavy atom. The minimum atomic E-state index is -1.05. The van der Waals surface area contributed by atoms with Gasteiger partial charge >= 0.3 is 12.1 Å². The topological polar surface area (TPSA) is 129 Å². The molecule has 37 heavy (non-hydrogen) atoms. The molecule has 1 aromatic heterocycles. The van der Waals surface area contributed by atoms with Crippen molar-refractivity contribution in [3.8, 4) is 11.1 Å². The predicted molar refractivity (Wildman–Crippen MR) is 137 cm³/mol. The molecule has 0 bridgehead atoms. The molecule has 198 valence electrons. The number of piperazine rings is 1. The van der Waals surface area contributed by atoms with Crippen LogP contribution in [0.4, 0.5) is 4.79 Å². The number of benzene rings is 1. The first-order valence-electron chi connectivity index (χ1n) is 12.0. The fourth-order valence-corrected chi connectivity index (χ4v) is 4.10. The molecule has 2 aromatic rings. The third-order valence-electron chi connectivity index (χ3n) is 5.66. The molecule has 1 fully saturated rings. The van der Waals surface area contributed by atoms with E-state index in [0.29, 0.717) is 5.56 Å². The fourth-order valence-electron chi connectivity index (χ4n) is 3.89.